The third kappa shape index (κ3) is 1.84. The third-order valence-electron chi connectivity index (χ3n) is 3.24. The Kier molecular flexibility index (Phi) is 2.44. The van der Waals surface area contributed by atoms with Crippen molar-refractivity contribution in [3.8, 4) is 0 Å². The number of likely N-dealkylation sites (tertiary alicyclic amines) is 1. The average Bonchev–Trinajstić information content (AvgIpc) is 2.86. The van der Waals surface area contributed by atoms with Gasteiger partial charge in [-0.2, -0.15) is 5.10 Å². The lowest BCUT2D eigenvalue weighted by molar-refractivity contribution is 0.0479. The lowest BCUT2D eigenvalue weighted by Crippen LogP contribution is -2.48. The Morgan fingerprint density at radius 2 is 2.24 bits per heavy atom. The van der Waals surface area contributed by atoms with Crippen LogP contribution in [-0.4, -0.2) is 38.0 Å². The van der Waals surface area contributed by atoms with Crippen LogP contribution < -0.4 is 0 Å². The predicted octanol–water partition coefficient (Wildman–Crippen LogP) is 1.19. The highest BCUT2D eigenvalue weighted by molar-refractivity contribution is 4.96. The first-order valence-corrected chi connectivity index (χ1v) is 5.77. The molecule has 0 bridgehead atoms. The summed E-state index contributed by atoms with van der Waals surface area (Å²) in [5.74, 6) is 1.32. The van der Waals surface area contributed by atoms with Gasteiger partial charge in [0.05, 0.1) is 12.1 Å². The first kappa shape index (κ1) is 10.5. The van der Waals surface area contributed by atoms with E-state index in [-0.39, 0.29) is 6.04 Å². The second-order valence-electron chi connectivity index (χ2n) is 4.43. The van der Waals surface area contributed by atoms with E-state index in [0.29, 0.717) is 17.8 Å². The molecule has 6 heteroatoms. The molecule has 1 aliphatic heterocycles. The van der Waals surface area contributed by atoms with Crippen LogP contribution in [0.3, 0.4) is 0 Å². The Labute approximate surface area is 99.2 Å². The van der Waals surface area contributed by atoms with Gasteiger partial charge >= 0.3 is 0 Å². The Balaban J connectivity index is 1.62. The van der Waals surface area contributed by atoms with E-state index in [2.05, 4.69) is 27.1 Å². The number of hydrogen-bond donors (Lipinski definition) is 0. The topological polar surface area (TPSA) is 60.0 Å². The van der Waals surface area contributed by atoms with Gasteiger partial charge in [0.1, 0.15) is 0 Å². The number of aromatic nitrogens is 4. The van der Waals surface area contributed by atoms with E-state index in [1.54, 1.807) is 0 Å². The van der Waals surface area contributed by atoms with E-state index >= 15 is 0 Å². The molecule has 0 unspecified atom stereocenters. The smallest absolute Gasteiger partial charge is 0.233 e. The quantitative estimate of drug-likeness (QED) is 0.797. The highest BCUT2D eigenvalue weighted by Gasteiger charge is 2.34. The Morgan fingerprint density at radius 3 is 2.82 bits per heavy atom. The van der Waals surface area contributed by atoms with Gasteiger partial charge in [0.2, 0.25) is 11.8 Å². The van der Waals surface area contributed by atoms with E-state index in [4.69, 9.17) is 4.42 Å². The monoisotopic (exact) mass is 233 g/mol. The van der Waals surface area contributed by atoms with Crippen LogP contribution >= 0.6 is 0 Å². The van der Waals surface area contributed by atoms with Crippen LogP contribution in [0.5, 0.6) is 0 Å². The van der Waals surface area contributed by atoms with Crippen molar-refractivity contribution in [2.45, 2.75) is 25.9 Å². The summed E-state index contributed by atoms with van der Waals surface area (Å²) in [7, 11) is 0. The van der Waals surface area contributed by atoms with Gasteiger partial charge in [0.25, 0.3) is 0 Å². The summed E-state index contributed by atoms with van der Waals surface area (Å²) in [4.78, 5) is 2.30. The van der Waals surface area contributed by atoms with E-state index in [1.807, 2.05) is 30.1 Å². The molecule has 0 amide bonds. The Bertz CT molecular complexity index is 486. The predicted molar refractivity (Wildman–Crippen MR) is 60.3 cm³/mol. The van der Waals surface area contributed by atoms with Gasteiger partial charge in [0, 0.05) is 32.4 Å². The molecule has 1 saturated heterocycles. The van der Waals surface area contributed by atoms with Crippen molar-refractivity contribution in [1.82, 2.24) is 24.9 Å². The van der Waals surface area contributed by atoms with Crippen LogP contribution in [0.4, 0.5) is 0 Å². The number of rotatable bonds is 3. The zero-order chi connectivity index (χ0) is 11.8. The van der Waals surface area contributed by atoms with Crippen molar-refractivity contribution < 1.29 is 4.42 Å². The summed E-state index contributed by atoms with van der Waals surface area (Å²) in [5, 5.41) is 12.2. The Hall–Kier alpha value is -1.69. The van der Waals surface area contributed by atoms with Crippen molar-refractivity contribution in [3.63, 3.8) is 0 Å². The number of aryl methyl sites for hydroxylation is 1. The molecular weight excluding hydrogens is 218 g/mol. The second kappa shape index (κ2) is 3.96. The Morgan fingerprint density at radius 1 is 1.41 bits per heavy atom. The zero-order valence-corrected chi connectivity index (χ0v) is 9.95. The molecule has 90 valence electrons. The highest BCUT2D eigenvalue weighted by Crippen LogP contribution is 2.29. The normalized spacial score (nSPS) is 19.2. The fourth-order valence-electron chi connectivity index (χ4n) is 2.10. The summed E-state index contributed by atoms with van der Waals surface area (Å²) >= 11 is 0. The molecule has 0 spiro atoms. The number of nitrogens with zero attached hydrogens (tertiary/aromatic N) is 5. The van der Waals surface area contributed by atoms with E-state index in [0.717, 1.165) is 13.1 Å². The maximum Gasteiger partial charge on any atom is 0.233 e. The lowest BCUT2D eigenvalue weighted by Gasteiger charge is -2.41. The number of hydrogen-bond acceptors (Lipinski definition) is 5. The minimum Gasteiger partial charge on any atom is -0.424 e. The summed E-state index contributed by atoms with van der Waals surface area (Å²) in [5.41, 5.74) is 0. The van der Waals surface area contributed by atoms with Gasteiger partial charge in [-0.25, -0.2) is 0 Å². The molecule has 0 radical (unpaired) electrons. The van der Waals surface area contributed by atoms with Gasteiger partial charge in [-0.05, 0) is 13.0 Å². The first-order valence-electron chi connectivity index (χ1n) is 5.77. The molecular formula is C11H15N5O. The van der Waals surface area contributed by atoms with Crippen molar-refractivity contribution in [2.75, 3.05) is 13.1 Å². The van der Waals surface area contributed by atoms with Gasteiger partial charge < -0.3 is 4.42 Å². The summed E-state index contributed by atoms with van der Waals surface area (Å²) in [6.07, 6.45) is 3.82. The maximum atomic E-state index is 5.44. The molecule has 0 saturated carbocycles. The molecule has 1 atom stereocenters. The largest absolute Gasteiger partial charge is 0.424 e. The molecule has 1 aliphatic rings. The SMILES string of the molecule is Cc1nnc([C@H](C)N2CC(n3cccn3)C2)o1. The molecule has 0 aliphatic carbocycles. The van der Waals surface area contributed by atoms with Crippen LogP contribution in [0.15, 0.2) is 22.9 Å². The van der Waals surface area contributed by atoms with Crippen molar-refractivity contribution in [3.05, 3.63) is 30.2 Å². The minimum absolute atomic E-state index is 0.183. The van der Waals surface area contributed by atoms with Crippen LogP contribution in [-0.2, 0) is 0 Å². The fraction of sp³-hybridized carbons (Fsp3) is 0.545. The molecule has 17 heavy (non-hydrogen) atoms. The van der Waals surface area contributed by atoms with Gasteiger partial charge in [-0.15, -0.1) is 10.2 Å². The molecule has 3 heterocycles. The third-order valence-corrected chi connectivity index (χ3v) is 3.24. The summed E-state index contributed by atoms with van der Waals surface area (Å²) in [6, 6.07) is 2.60. The fourth-order valence-corrected chi connectivity index (χ4v) is 2.10. The van der Waals surface area contributed by atoms with E-state index in [1.165, 1.54) is 0 Å². The summed E-state index contributed by atoms with van der Waals surface area (Å²) < 4.78 is 7.44. The standard InChI is InChI=1S/C11H15N5O/c1-8(11-14-13-9(2)17-11)15-6-10(7-15)16-5-3-4-12-16/h3-5,8,10H,6-7H2,1-2H3/t8-/m0/s1. The molecule has 3 rings (SSSR count). The lowest BCUT2D eigenvalue weighted by atomic mass is 10.1. The maximum absolute atomic E-state index is 5.44. The molecule has 2 aromatic heterocycles. The van der Waals surface area contributed by atoms with Crippen LogP contribution in [0.1, 0.15) is 30.8 Å². The molecule has 1 fully saturated rings. The van der Waals surface area contributed by atoms with Gasteiger partial charge in [-0.1, -0.05) is 0 Å². The van der Waals surface area contributed by atoms with Crippen molar-refractivity contribution >= 4 is 0 Å². The molecule has 0 N–H and O–H groups in total. The van der Waals surface area contributed by atoms with Crippen LogP contribution in [0.25, 0.3) is 0 Å². The van der Waals surface area contributed by atoms with Crippen molar-refractivity contribution in [2.24, 2.45) is 0 Å². The van der Waals surface area contributed by atoms with E-state index < -0.39 is 0 Å². The van der Waals surface area contributed by atoms with Crippen LogP contribution in [0, 0.1) is 6.92 Å². The van der Waals surface area contributed by atoms with Gasteiger partial charge in [0.15, 0.2) is 0 Å². The second-order valence-corrected chi connectivity index (χ2v) is 4.43. The zero-order valence-electron chi connectivity index (χ0n) is 9.95. The van der Waals surface area contributed by atoms with Gasteiger partial charge in [-0.3, -0.25) is 9.58 Å². The van der Waals surface area contributed by atoms with E-state index in [9.17, 15) is 0 Å². The van der Waals surface area contributed by atoms with Crippen LogP contribution in [0.2, 0.25) is 0 Å². The molecule has 2 aromatic rings. The van der Waals surface area contributed by atoms with Crippen molar-refractivity contribution in [1.29, 1.82) is 0 Å². The molecule has 6 nitrogen and oxygen atoms in total. The summed E-state index contributed by atoms with van der Waals surface area (Å²) in [6.45, 7) is 5.85. The first-order chi connectivity index (χ1) is 8.24. The average molecular weight is 233 g/mol. The molecule has 0 aromatic carbocycles. The minimum atomic E-state index is 0.183. The highest BCUT2D eigenvalue weighted by atomic mass is 16.4.